The summed E-state index contributed by atoms with van der Waals surface area (Å²) in [6, 6.07) is 16.3. The molecule has 3 rings (SSSR count). The van der Waals surface area contributed by atoms with E-state index in [0.717, 1.165) is 16.1 Å². The van der Waals surface area contributed by atoms with E-state index in [-0.39, 0.29) is 18.4 Å². The largest absolute Gasteiger partial charge is 0.391 e. The predicted molar refractivity (Wildman–Crippen MR) is 105 cm³/mol. The van der Waals surface area contributed by atoms with E-state index in [0.29, 0.717) is 24.2 Å². The van der Waals surface area contributed by atoms with E-state index >= 15 is 0 Å². The molecule has 1 heterocycles. The van der Waals surface area contributed by atoms with Crippen LogP contribution in [0.3, 0.4) is 0 Å². The van der Waals surface area contributed by atoms with Crippen molar-refractivity contribution in [3.05, 3.63) is 65.7 Å². The Morgan fingerprint density at radius 3 is 2.30 bits per heavy atom. The number of anilines is 1. The average molecular weight is 388 g/mol. The van der Waals surface area contributed by atoms with Gasteiger partial charge in [-0.05, 0) is 36.2 Å². The maximum absolute atomic E-state index is 12.7. The molecule has 2 aromatic rings. The van der Waals surface area contributed by atoms with Crippen molar-refractivity contribution in [2.75, 3.05) is 30.7 Å². The number of hydrogen-bond acceptors (Lipinski definition) is 4. The first kappa shape index (κ1) is 19.4. The normalized spacial score (nSPS) is 20.3. The van der Waals surface area contributed by atoms with Gasteiger partial charge in [-0.15, -0.1) is 0 Å². The number of benzene rings is 2. The lowest BCUT2D eigenvalue weighted by Crippen LogP contribution is -2.45. The predicted octanol–water partition coefficient (Wildman–Crippen LogP) is 2.07. The maximum atomic E-state index is 12.7. The number of nitrogens with zero attached hydrogens (tertiary/aromatic N) is 2. The molecule has 1 fully saturated rings. The number of hydrogen-bond donors (Lipinski definition) is 1. The second kappa shape index (κ2) is 7.70. The van der Waals surface area contributed by atoms with Gasteiger partial charge in [0, 0.05) is 31.6 Å². The van der Waals surface area contributed by atoms with Crippen molar-refractivity contribution < 1.29 is 18.3 Å². The number of piperidine rings is 1. The monoisotopic (exact) mass is 388 g/mol. The standard InChI is InChI=1S/C20H24N2O4S/c1-21(27(2,25)26)17-10-8-16(9-11-17)20(24)22-13-12-18(19(23)14-22)15-6-4-3-5-7-15/h3-11,18-19,23H,12-14H2,1-2H3/t18-,19-/m1/s1. The van der Waals surface area contributed by atoms with Crippen molar-refractivity contribution >= 4 is 21.6 Å². The summed E-state index contributed by atoms with van der Waals surface area (Å²) in [5.41, 5.74) is 2.06. The molecule has 0 aliphatic carbocycles. The van der Waals surface area contributed by atoms with Gasteiger partial charge in [0.15, 0.2) is 0 Å². The van der Waals surface area contributed by atoms with Crippen LogP contribution in [-0.2, 0) is 10.0 Å². The van der Waals surface area contributed by atoms with Crippen LogP contribution in [0, 0.1) is 0 Å². The summed E-state index contributed by atoms with van der Waals surface area (Å²) in [5, 5.41) is 10.5. The van der Waals surface area contributed by atoms with Gasteiger partial charge in [0.05, 0.1) is 18.0 Å². The van der Waals surface area contributed by atoms with Crippen molar-refractivity contribution in [3.63, 3.8) is 0 Å². The Morgan fingerprint density at radius 1 is 1.11 bits per heavy atom. The lowest BCUT2D eigenvalue weighted by molar-refractivity contribution is 0.0382. The molecule has 0 saturated carbocycles. The SMILES string of the molecule is CN(c1ccc(C(=O)N2CC[C@H](c3ccccc3)[C@H](O)C2)cc1)S(C)(=O)=O. The van der Waals surface area contributed by atoms with Crippen LogP contribution in [0.5, 0.6) is 0 Å². The molecule has 1 aliphatic rings. The van der Waals surface area contributed by atoms with Gasteiger partial charge in [-0.2, -0.15) is 0 Å². The summed E-state index contributed by atoms with van der Waals surface area (Å²) in [4.78, 5) is 14.4. The van der Waals surface area contributed by atoms with Gasteiger partial charge in [-0.1, -0.05) is 30.3 Å². The molecule has 144 valence electrons. The number of sulfonamides is 1. The van der Waals surface area contributed by atoms with Gasteiger partial charge < -0.3 is 10.0 Å². The van der Waals surface area contributed by atoms with Crippen molar-refractivity contribution in [3.8, 4) is 0 Å². The van der Waals surface area contributed by atoms with E-state index in [1.54, 1.807) is 29.2 Å². The molecule has 2 atom stereocenters. The topological polar surface area (TPSA) is 77.9 Å². The van der Waals surface area contributed by atoms with E-state index in [2.05, 4.69) is 0 Å². The zero-order valence-corrected chi connectivity index (χ0v) is 16.3. The number of amides is 1. The smallest absolute Gasteiger partial charge is 0.253 e. The van der Waals surface area contributed by atoms with Crippen LogP contribution >= 0.6 is 0 Å². The summed E-state index contributed by atoms with van der Waals surface area (Å²) in [6.07, 6.45) is 1.22. The van der Waals surface area contributed by atoms with E-state index in [1.165, 1.54) is 7.05 Å². The molecule has 1 aliphatic heterocycles. The first-order valence-corrected chi connectivity index (χ1v) is 10.7. The van der Waals surface area contributed by atoms with Crippen LogP contribution in [0.4, 0.5) is 5.69 Å². The summed E-state index contributed by atoms with van der Waals surface area (Å²) < 4.78 is 24.4. The number of β-amino-alcohol motifs (C(OH)–C–C–N with tert-alkyl or cyclic N) is 1. The van der Waals surface area contributed by atoms with Gasteiger partial charge in [-0.3, -0.25) is 9.10 Å². The van der Waals surface area contributed by atoms with E-state index in [1.807, 2.05) is 30.3 Å². The molecule has 0 spiro atoms. The number of carbonyl (C=O) groups excluding carboxylic acids is 1. The molecule has 6 nitrogen and oxygen atoms in total. The number of carbonyl (C=O) groups is 1. The third kappa shape index (κ3) is 4.31. The highest BCUT2D eigenvalue weighted by atomic mass is 32.2. The molecule has 1 saturated heterocycles. The second-order valence-corrected chi connectivity index (χ2v) is 8.92. The van der Waals surface area contributed by atoms with Gasteiger partial charge in [0.25, 0.3) is 5.91 Å². The number of rotatable bonds is 4. The fourth-order valence-electron chi connectivity index (χ4n) is 3.39. The Bertz CT molecular complexity index is 897. The fraction of sp³-hybridized carbons (Fsp3) is 0.350. The van der Waals surface area contributed by atoms with E-state index < -0.39 is 16.1 Å². The molecule has 2 aromatic carbocycles. The minimum absolute atomic E-state index is 0.0287. The summed E-state index contributed by atoms with van der Waals surface area (Å²) >= 11 is 0. The molecule has 7 heteroatoms. The zero-order valence-electron chi connectivity index (χ0n) is 15.4. The molecular formula is C20H24N2O4S. The number of likely N-dealkylation sites (tertiary alicyclic amines) is 1. The first-order chi connectivity index (χ1) is 12.8. The van der Waals surface area contributed by atoms with Crippen LogP contribution in [-0.4, -0.2) is 56.8 Å². The molecular weight excluding hydrogens is 364 g/mol. The van der Waals surface area contributed by atoms with Crippen LogP contribution in [0.15, 0.2) is 54.6 Å². The van der Waals surface area contributed by atoms with Crippen LogP contribution in [0.25, 0.3) is 0 Å². The molecule has 0 unspecified atom stereocenters. The summed E-state index contributed by atoms with van der Waals surface area (Å²) in [5.74, 6) is -0.129. The first-order valence-electron chi connectivity index (χ1n) is 8.83. The van der Waals surface area contributed by atoms with Crippen LogP contribution in [0.2, 0.25) is 0 Å². The van der Waals surface area contributed by atoms with E-state index in [9.17, 15) is 18.3 Å². The lowest BCUT2D eigenvalue weighted by atomic mass is 9.87. The van der Waals surface area contributed by atoms with Gasteiger partial charge in [0.2, 0.25) is 10.0 Å². The van der Waals surface area contributed by atoms with Crippen molar-refractivity contribution in [2.24, 2.45) is 0 Å². The Morgan fingerprint density at radius 2 is 1.74 bits per heavy atom. The van der Waals surface area contributed by atoms with E-state index in [4.69, 9.17) is 0 Å². The highest BCUT2D eigenvalue weighted by Crippen LogP contribution is 2.29. The molecule has 1 amide bonds. The summed E-state index contributed by atoms with van der Waals surface area (Å²) in [6.45, 7) is 0.851. The molecule has 0 aromatic heterocycles. The molecule has 27 heavy (non-hydrogen) atoms. The van der Waals surface area contributed by atoms with Gasteiger partial charge in [-0.25, -0.2) is 8.42 Å². The Hall–Kier alpha value is -2.38. The van der Waals surface area contributed by atoms with Crippen LogP contribution < -0.4 is 4.31 Å². The highest BCUT2D eigenvalue weighted by Gasteiger charge is 2.31. The van der Waals surface area contributed by atoms with Crippen LogP contribution in [0.1, 0.15) is 28.3 Å². The number of aliphatic hydroxyl groups is 1. The van der Waals surface area contributed by atoms with Crippen molar-refractivity contribution in [1.29, 1.82) is 0 Å². The zero-order chi connectivity index (χ0) is 19.6. The fourth-order valence-corrected chi connectivity index (χ4v) is 3.90. The lowest BCUT2D eigenvalue weighted by Gasteiger charge is -2.36. The van der Waals surface area contributed by atoms with Crippen molar-refractivity contribution in [2.45, 2.75) is 18.4 Å². The highest BCUT2D eigenvalue weighted by molar-refractivity contribution is 7.92. The second-order valence-electron chi connectivity index (χ2n) is 6.90. The molecule has 1 N–H and O–H groups in total. The minimum Gasteiger partial charge on any atom is -0.391 e. The Labute approximate surface area is 160 Å². The minimum atomic E-state index is -3.34. The Balaban J connectivity index is 1.68. The summed E-state index contributed by atoms with van der Waals surface area (Å²) in [7, 11) is -1.88. The number of aliphatic hydroxyl groups excluding tert-OH is 1. The molecule has 0 radical (unpaired) electrons. The molecule has 0 bridgehead atoms. The Kier molecular flexibility index (Phi) is 5.53. The third-order valence-corrected chi connectivity index (χ3v) is 6.28. The average Bonchev–Trinajstić information content (AvgIpc) is 2.67. The van der Waals surface area contributed by atoms with Gasteiger partial charge >= 0.3 is 0 Å². The quantitative estimate of drug-likeness (QED) is 0.870. The third-order valence-electron chi connectivity index (χ3n) is 5.07. The van der Waals surface area contributed by atoms with Gasteiger partial charge in [0.1, 0.15) is 0 Å². The van der Waals surface area contributed by atoms with Crippen molar-refractivity contribution in [1.82, 2.24) is 4.90 Å². The maximum Gasteiger partial charge on any atom is 0.253 e.